The van der Waals surface area contributed by atoms with Crippen LogP contribution in [0.1, 0.15) is 106 Å². The number of ether oxygens (including phenoxy) is 1. The van der Waals surface area contributed by atoms with Gasteiger partial charge in [-0.1, -0.05) is 107 Å². The van der Waals surface area contributed by atoms with E-state index in [4.69, 9.17) is 4.74 Å². The Morgan fingerprint density at radius 2 is 1.16 bits per heavy atom. The van der Waals surface area contributed by atoms with Gasteiger partial charge in [0.05, 0.1) is 11.3 Å². The number of esters is 1. The molecular weight excluding hydrogens is 480 g/mol. The van der Waals surface area contributed by atoms with Gasteiger partial charge in [-0.3, -0.25) is 9.59 Å². The lowest BCUT2D eigenvalue weighted by Gasteiger charge is -2.40. The van der Waals surface area contributed by atoms with E-state index in [2.05, 4.69) is 0 Å². The lowest BCUT2D eigenvalue weighted by molar-refractivity contribution is -0.158. The molecule has 6 nitrogen and oxygen atoms in total. The van der Waals surface area contributed by atoms with Gasteiger partial charge >= 0.3 is 11.9 Å². The molecule has 0 aromatic heterocycles. The van der Waals surface area contributed by atoms with Crippen LogP contribution in [0, 0.1) is 16.2 Å². The number of carbonyl (C=O) groups excluding carboxylic acids is 2. The number of phenols is 1. The zero-order chi connectivity index (χ0) is 29.4. The minimum absolute atomic E-state index is 0.144. The molecule has 1 aliphatic heterocycles. The van der Waals surface area contributed by atoms with Crippen LogP contribution in [0.5, 0.6) is 5.75 Å². The molecule has 0 amide bonds. The molecule has 0 radical (unpaired) electrons. The molecule has 1 spiro atoms. The van der Waals surface area contributed by atoms with Crippen molar-refractivity contribution in [3.05, 3.63) is 52.1 Å². The van der Waals surface area contributed by atoms with E-state index in [1.165, 1.54) is 0 Å². The van der Waals surface area contributed by atoms with Crippen molar-refractivity contribution in [3.63, 3.8) is 0 Å². The molecule has 1 aliphatic carbocycles. The number of hydrogen-bond acceptors (Lipinski definition) is 5. The summed E-state index contributed by atoms with van der Waals surface area (Å²) in [6.07, 6.45) is 1.85. The number of cyclic esters (lactones) is 1. The molecule has 1 heterocycles. The first kappa shape index (κ1) is 29.7. The Morgan fingerprint density at radius 1 is 0.763 bits per heavy atom. The Bertz CT molecular complexity index is 1180. The van der Waals surface area contributed by atoms with Crippen LogP contribution in [0.4, 0.5) is 0 Å². The van der Waals surface area contributed by atoms with Gasteiger partial charge in [0.1, 0.15) is 5.75 Å². The molecule has 6 heteroatoms. The molecule has 0 bridgehead atoms. The quantitative estimate of drug-likeness (QED) is 0.423. The lowest BCUT2D eigenvalue weighted by atomic mass is 9.60. The van der Waals surface area contributed by atoms with E-state index in [-0.39, 0.29) is 11.5 Å². The smallest absolute Gasteiger partial charge is 0.346 e. The van der Waals surface area contributed by atoms with E-state index >= 15 is 0 Å². The Morgan fingerprint density at radius 3 is 1.47 bits per heavy atom. The topological polar surface area (TPSA) is 101 Å². The highest BCUT2D eigenvalue weighted by Gasteiger charge is 2.61. The Hall–Kier alpha value is -2.89. The van der Waals surface area contributed by atoms with Crippen LogP contribution in [0.25, 0.3) is 0 Å². The SMILES string of the molecule is CC(C)(C)C1=CC2(C=C(C(C)(C)C)C1=O)[C@@H](C(=O)O)OC(=O)[C@@H]2c1cc(C(C)(C)C)c(O)c(C(C)(C)C)c1. The Kier molecular flexibility index (Phi) is 6.89. The average molecular weight is 525 g/mol. The third kappa shape index (κ3) is 4.94. The van der Waals surface area contributed by atoms with Crippen LogP contribution in [0.2, 0.25) is 0 Å². The largest absolute Gasteiger partial charge is 0.507 e. The summed E-state index contributed by atoms with van der Waals surface area (Å²) in [5.74, 6) is -2.93. The van der Waals surface area contributed by atoms with Gasteiger partial charge in [-0.2, -0.15) is 0 Å². The average Bonchev–Trinajstić information content (AvgIpc) is 2.98. The molecule has 1 aromatic carbocycles. The number of carboxylic acids is 1. The first-order valence-electron chi connectivity index (χ1n) is 13.3. The van der Waals surface area contributed by atoms with Gasteiger partial charge in [-0.05, 0) is 38.4 Å². The van der Waals surface area contributed by atoms with E-state index in [0.717, 1.165) is 0 Å². The standard InChI is InChI=1S/C32H44O6/c1-28(2,3)18-13-17(14-19(23(18)33)29(4,5)6)22-27(37)38-25(26(35)36)32(22)15-20(30(7,8)9)24(34)21(16-32)31(10,11)12/h13-16,22,25,33H,1-12H3,(H,35,36)/t22-,25+/m0/s1. The summed E-state index contributed by atoms with van der Waals surface area (Å²) < 4.78 is 5.62. The van der Waals surface area contributed by atoms with Gasteiger partial charge in [-0.15, -0.1) is 0 Å². The number of carboxylic acid groups (broad SMARTS) is 1. The van der Waals surface area contributed by atoms with Crippen LogP contribution < -0.4 is 0 Å². The zero-order valence-electron chi connectivity index (χ0n) is 25.0. The Balaban J connectivity index is 2.51. The monoisotopic (exact) mass is 524 g/mol. The molecular formula is C32H44O6. The summed E-state index contributed by atoms with van der Waals surface area (Å²) in [5, 5.41) is 21.6. The minimum atomic E-state index is -1.51. The molecule has 1 saturated heterocycles. The molecule has 208 valence electrons. The third-order valence-corrected chi connectivity index (χ3v) is 7.62. The van der Waals surface area contributed by atoms with Crippen molar-refractivity contribution in [1.29, 1.82) is 0 Å². The molecule has 2 aliphatic rings. The number of phenolic OH excluding ortho intramolecular Hbond substituents is 1. The number of hydrogen-bond donors (Lipinski definition) is 2. The number of Topliss-reactive ketones (excluding diaryl/α,β-unsaturated/α-hetero) is 1. The minimum Gasteiger partial charge on any atom is -0.507 e. The molecule has 2 N–H and O–H groups in total. The van der Waals surface area contributed by atoms with Crippen molar-refractivity contribution in [2.24, 2.45) is 16.2 Å². The highest BCUT2D eigenvalue weighted by atomic mass is 16.6. The summed E-state index contributed by atoms with van der Waals surface area (Å²) in [5.41, 5.74) is -0.727. The van der Waals surface area contributed by atoms with Gasteiger partial charge in [0, 0.05) is 11.1 Å². The van der Waals surface area contributed by atoms with E-state index < -0.39 is 51.0 Å². The summed E-state index contributed by atoms with van der Waals surface area (Å²) in [6, 6.07) is 3.60. The van der Waals surface area contributed by atoms with Crippen molar-refractivity contribution in [3.8, 4) is 5.75 Å². The highest BCUT2D eigenvalue weighted by molar-refractivity contribution is 6.11. The van der Waals surface area contributed by atoms with E-state index in [9.17, 15) is 24.6 Å². The highest BCUT2D eigenvalue weighted by Crippen LogP contribution is 2.56. The molecule has 0 saturated carbocycles. The molecule has 2 atom stereocenters. The van der Waals surface area contributed by atoms with Crippen molar-refractivity contribution in [1.82, 2.24) is 0 Å². The summed E-state index contributed by atoms with van der Waals surface area (Å²) >= 11 is 0. The number of benzene rings is 1. The maximum absolute atomic E-state index is 13.7. The van der Waals surface area contributed by atoms with Crippen LogP contribution in [0.3, 0.4) is 0 Å². The van der Waals surface area contributed by atoms with Crippen LogP contribution in [0.15, 0.2) is 35.4 Å². The van der Waals surface area contributed by atoms with Crippen molar-refractivity contribution in [2.45, 2.75) is 106 Å². The second kappa shape index (κ2) is 8.82. The van der Waals surface area contributed by atoms with Crippen molar-refractivity contribution < 1.29 is 29.3 Å². The third-order valence-electron chi connectivity index (χ3n) is 7.62. The number of allylic oxidation sites excluding steroid dienone is 2. The number of carbonyl (C=O) groups is 3. The predicted octanol–water partition coefficient (Wildman–Crippen LogP) is 6.59. The van der Waals surface area contributed by atoms with Crippen LogP contribution in [-0.2, 0) is 30.0 Å². The van der Waals surface area contributed by atoms with E-state index in [1.807, 2.05) is 83.1 Å². The first-order valence-corrected chi connectivity index (χ1v) is 13.3. The van der Waals surface area contributed by atoms with Gasteiger partial charge < -0.3 is 14.9 Å². The molecule has 1 fully saturated rings. The normalized spacial score (nSPS) is 22.3. The fourth-order valence-corrected chi connectivity index (χ4v) is 5.55. The van der Waals surface area contributed by atoms with E-state index in [1.54, 1.807) is 24.3 Å². The first-order chi connectivity index (χ1) is 16.9. The van der Waals surface area contributed by atoms with Gasteiger partial charge in [-0.25, -0.2) is 4.79 Å². The molecule has 0 unspecified atom stereocenters. The number of ketones is 1. The summed E-state index contributed by atoms with van der Waals surface area (Å²) in [4.78, 5) is 40.0. The van der Waals surface area contributed by atoms with Crippen molar-refractivity contribution >= 4 is 17.7 Å². The lowest BCUT2D eigenvalue weighted by Crippen LogP contribution is -2.43. The molecule has 3 rings (SSSR count). The summed E-state index contributed by atoms with van der Waals surface area (Å²) in [6.45, 7) is 23.4. The summed E-state index contributed by atoms with van der Waals surface area (Å²) in [7, 11) is 0. The second-order valence-electron chi connectivity index (χ2n) is 15.0. The molecule has 1 aromatic rings. The zero-order valence-corrected chi connectivity index (χ0v) is 25.0. The number of rotatable bonds is 2. The second-order valence-corrected chi connectivity index (χ2v) is 15.0. The van der Waals surface area contributed by atoms with E-state index in [0.29, 0.717) is 27.8 Å². The fraction of sp³-hybridized carbons (Fsp3) is 0.594. The molecule has 38 heavy (non-hydrogen) atoms. The van der Waals surface area contributed by atoms with Gasteiger partial charge in [0.2, 0.25) is 6.10 Å². The maximum Gasteiger partial charge on any atom is 0.346 e. The van der Waals surface area contributed by atoms with Crippen LogP contribution in [-0.4, -0.2) is 34.0 Å². The number of aromatic hydroxyl groups is 1. The van der Waals surface area contributed by atoms with Gasteiger partial charge in [0.25, 0.3) is 0 Å². The number of aliphatic carboxylic acids is 1. The van der Waals surface area contributed by atoms with Crippen LogP contribution >= 0.6 is 0 Å². The fourth-order valence-electron chi connectivity index (χ4n) is 5.55. The van der Waals surface area contributed by atoms with Gasteiger partial charge in [0.15, 0.2) is 5.78 Å². The van der Waals surface area contributed by atoms with Crippen molar-refractivity contribution in [2.75, 3.05) is 0 Å². The Labute approximate surface area is 227 Å². The maximum atomic E-state index is 13.7. The predicted molar refractivity (Wildman–Crippen MR) is 148 cm³/mol.